The first kappa shape index (κ1) is 22.1. The van der Waals surface area contributed by atoms with Crippen molar-refractivity contribution in [1.82, 2.24) is 4.98 Å². The van der Waals surface area contributed by atoms with Crippen molar-refractivity contribution in [3.63, 3.8) is 0 Å². The Morgan fingerprint density at radius 1 is 1.12 bits per heavy atom. The van der Waals surface area contributed by atoms with Crippen molar-refractivity contribution in [3.05, 3.63) is 59.6 Å². The molecule has 0 bridgehead atoms. The highest BCUT2D eigenvalue weighted by molar-refractivity contribution is 6.05. The third kappa shape index (κ3) is 4.16. The van der Waals surface area contributed by atoms with E-state index < -0.39 is 29.6 Å². The fourth-order valence-corrected chi connectivity index (χ4v) is 3.60. The molecule has 0 fully saturated rings. The molecule has 1 aliphatic carbocycles. The number of pyridine rings is 1. The van der Waals surface area contributed by atoms with Gasteiger partial charge in [-0.25, -0.2) is 9.59 Å². The molecular formula is C22H15F3N2O6. The number of alkyl halides is 3. The second-order valence-corrected chi connectivity index (χ2v) is 6.99. The molecule has 1 N–H and O–H groups in total. The number of ether oxygens (including phenoxy) is 1. The Hall–Kier alpha value is -4.15. The molecule has 0 amide bonds. The van der Waals surface area contributed by atoms with Crippen molar-refractivity contribution in [2.75, 3.05) is 7.11 Å². The largest absolute Gasteiger partial charge is 0.491 e. The van der Waals surface area contributed by atoms with Crippen LogP contribution in [0.15, 0.2) is 52.3 Å². The molecule has 3 aromatic rings. The summed E-state index contributed by atoms with van der Waals surface area (Å²) in [5, 5.41) is 13.5. The van der Waals surface area contributed by atoms with E-state index in [9.17, 15) is 27.9 Å². The standard InChI is InChI=1S/C22H15F3N2O6/c1-31-27-15-5-3-12-10-13(2-4-14(12)15)16-17(11-6-8-26-9-7-11)32-19(20(28)29)18(16)33-21(30)22(23,24)25/h2,4,6-10H,3,5H2,1H3,(H,28,29). The minimum absolute atomic E-state index is 0.0801. The first-order valence-electron chi connectivity index (χ1n) is 9.54. The van der Waals surface area contributed by atoms with Crippen LogP contribution in [-0.2, 0) is 16.1 Å². The summed E-state index contributed by atoms with van der Waals surface area (Å²) in [6, 6.07) is 7.88. The van der Waals surface area contributed by atoms with Crippen LogP contribution in [-0.4, -0.2) is 41.0 Å². The van der Waals surface area contributed by atoms with Crippen LogP contribution in [0, 0.1) is 0 Å². The number of carbonyl (C=O) groups is 2. The van der Waals surface area contributed by atoms with Crippen molar-refractivity contribution in [2.45, 2.75) is 19.0 Å². The van der Waals surface area contributed by atoms with E-state index in [0.29, 0.717) is 29.7 Å². The quantitative estimate of drug-likeness (QED) is 0.442. The molecule has 2 aromatic heterocycles. The summed E-state index contributed by atoms with van der Waals surface area (Å²) in [6.45, 7) is 0. The zero-order valence-electron chi connectivity index (χ0n) is 17.0. The fraction of sp³-hybridized carbons (Fsp3) is 0.182. The lowest BCUT2D eigenvalue weighted by Gasteiger charge is -2.10. The van der Waals surface area contributed by atoms with Crippen LogP contribution in [0.25, 0.3) is 22.5 Å². The van der Waals surface area contributed by atoms with E-state index in [1.54, 1.807) is 18.2 Å². The molecular weight excluding hydrogens is 445 g/mol. The number of fused-ring (bicyclic) bond motifs is 1. The number of carbonyl (C=O) groups excluding carboxylic acids is 1. The number of hydrogen-bond donors (Lipinski definition) is 1. The van der Waals surface area contributed by atoms with Crippen molar-refractivity contribution >= 4 is 17.7 Å². The molecule has 0 spiro atoms. The molecule has 11 heteroatoms. The third-order valence-corrected chi connectivity index (χ3v) is 4.96. The van der Waals surface area contributed by atoms with Gasteiger partial charge >= 0.3 is 18.1 Å². The monoisotopic (exact) mass is 460 g/mol. The fourth-order valence-electron chi connectivity index (χ4n) is 3.60. The summed E-state index contributed by atoms with van der Waals surface area (Å²) < 4.78 is 48.8. The molecule has 0 aliphatic heterocycles. The lowest BCUT2D eigenvalue weighted by molar-refractivity contribution is -0.189. The van der Waals surface area contributed by atoms with Crippen LogP contribution in [0.1, 0.15) is 28.1 Å². The SMILES string of the molecule is CON=C1CCc2cc(-c3c(-c4ccncc4)oc(C(=O)O)c3OC(=O)C(F)(F)F)ccc21. The van der Waals surface area contributed by atoms with Gasteiger partial charge in [-0.2, -0.15) is 13.2 Å². The number of aromatic nitrogens is 1. The van der Waals surface area contributed by atoms with E-state index in [-0.39, 0.29) is 11.3 Å². The van der Waals surface area contributed by atoms with Crippen LogP contribution in [0.4, 0.5) is 13.2 Å². The van der Waals surface area contributed by atoms with Crippen molar-refractivity contribution < 1.29 is 41.9 Å². The van der Waals surface area contributed by atoms with Gasteiger partial charge in [0, 0.05) is 23.5 Å². The Morgan fingerprint density at radius 3 is 2.48 bits per heavy atom. The lowest BCUT2D eigenvalue weighted by atomic mass is 9.97. The summed E-state index contributed by atoms with van der Waals surface area (Å²) >= 11 is 0. The summed E-state index contributed by atoms with van der Waals surface area (Å²) in [4.78, 5) is 32.1. The highest BCUT2D eigenvalue weighted by Gasteiger charge is 2.43. The van der Waals surface area contributed by atoms with E-state index in [1.807, 2.05) is 0 Å². The van der Waals surface area contributed by atoms with Crippen LogP contribution in [0.3, 0.4) is 0 Å². The Bertz CT molecular complexity index is 1270. The number of halogens is 3. The molecule has 0 saturated heterocycles. The minimum Gasteiger partial charge on any atom is -0.475 e. The molecule has 2 heterocycles. The van der Waals surface area contributed by atoms with Crippen LogP contribution in [0.2, 0.25) is 0 Å². The molecule has 0 radical (unpaired) electrons. The van der Waals surface area contributed by atoms with E-state index in [0.717, 1.165) is 11.1 Å². The van der Waals surface area contributed by atoms with Gasteiger partial charge in [0.05, 0.1) is 11.3 Å². The average molecular weight is 460 g/mol. The smallest absolute Gasteiger partial charge is 0.475 e. The van der Waals surface area contributed by atoms with Gasteiger partial charge in [-0.3, -0.25) is 4.98 Å². The van der Waals surface area contributed by atoms with Crippen LogP contribution in [0.5, 0.6) is 5.75 Å². The number of carboxylic acid groups (broad SMARTS) is 1. The van der Waals surface area contributed by atoms with Crippen LogP contribution >= 0.6 is 0 Å². The zero-order valence-corrected chi connectivity index (χ0v) is 17.0. The molecule has 8 nitrogen and oxygen atoms in total. The maximum absolute atomic E-state index is 12.9. The molecule has 1 aliphatic rings. The molecule has 4 rings (SSSR count). The number of rotatable bonds is 5. The Labute approximate surface area is 184 Å². The molecule has 0 saturated carbocycles. The van der Waals surface area contributed by atoms with Crippen molar-refractivity contribution in [1.29, 1.82) is 0 Å². The Morgan fingerprint density at radius 2 is 1.85 bits per heavy atom. The highest BCUT2D eigenvalue weighted by atomic mass is 19.4. The van der Waals surface area contributed by atoms with E-state index in [1.165, 1.54) is 31.6 Å². The van der Waals surface area contributed by atoms with E-state index in [4.69, 9.17) is 9.25 Å². The predicted octanol–water partition coefficient (Wildman–Crippen LogP) is 4.47. The zero-order chi connectivity index (χ0) is 23.8. The normalized spacial score (nSPS) is 14.2. The Kier molecular flexibility index (Phi) is 5.62. The Balaban J connectivity index is 1.95. The first-order valence-corrected chi connectivity index (χ1v) is 9.54. The second-order valence-electron chi connectivity index (χ2n) is 6.99. The van der Waals surface area contributed by atoms with Gasteiger partial charge in [0.25, 0.3) is 5.76 Å². The van der Waals surface area contributed by atoms with Gasteiger partial charge in [0.2, 0.25) is 0 Å². The van der Waals surface area contributed by atoms with Gasteiger partial charge in [0.1, 0.15) is 12.9 Å². The molecule has 0 atom stereocenters. The number of aryl methyl sites for hydroxylation is 1. The van der Waals surface area contributed by atoms with E-state index in [2.05, 4.69) is 14.9 Å². The van der Waals surface area contributed by atoms with Crippen molar-refractivity contribution in [3.8, 4) is 28.2 Å². The van der Waals surface area contributed by atoms with Gasteiger partial charge in [-0.05, 0) is 36.1 Å². The number of carboxylic acids is 1. The molecule has 33 heavy (non-hydrogen) atoms. The van der Waals surface area contributed by atoms with Gasteiger partial charge < -0.3 is 19.1 Å². The average Bonchev–Trinajstić information content (AvgIpc) is 3.35. The van der Waals surface area contributed by atoms with Gasteiger partial charge in [-0.1, -0.05) is 23.4 Å². The summed E-state index contributed by atoms with van der Waals surface area (Å²) in [5.74, 6) is -6.11. The predicted molar refractivity (Wildman–Crippen MR) is 108 cm³/mol. The summed E-state index contributed by atoms with van der Waals surface area (Å²) in [7, 11) is 1.42. The maximum atomic E-state index is 12.9. The molecule has 0 unspecified atom stereocenters. The number of aromatic carboxylic acids is 1. The third-order valence-electron chi connectivity index (χ3n) is 4.96. The highest BCUT2D eigenvalue weighted by Crippen LogP contribution is 2.45. The maximum Gasteiger partial charge on any atom is 0.491 e. The van der Waals surface area contributed by atoms with Gasteiger partial charge in [-0.15, -0.1) is 0 Å². The number of esters is 1. The molecule has 170 valence electrons. The topological polar surface area (TPSA) is 111 Å². The number of nitrogens with zero attached hydrogens (tertiary/aromatic N) is 2. The number of hydrogen-bond acceptors (Lipinski definition) is 7. The minimum atomic E-state index is -5.34. The second kappa shape index (κ2) is 8.41. The van der Waals surface area contributed by atoms with Crippen LogP contribution < -0.4 is 4.74 Å². The summed E-state index contributed by atoms with van der Waals surface area (Å²) in [6.07, 6.45) is -1.37. The lowest BCUT2D eigenvalue weighted by Crippen LogP contribution is -2.28. The van der Waals surface area contributed by atoms with Gasteiger partial charge in [0.15, 0.2) is 5.75 Å². The van der Waals surface area contributed by atoms with Crippen molar-refractivity contribution in [2.24, 2.45) is 5.16 Å². The number of benzene rings is 1. The summed E-state index contributed by atoms with van der Waals surface area (Å²) in [5.41, 5.74) is 2.85. The molecule has 1 aromatic carbocycles. The van der Waals surface area contributed by atoms with E-state index >= 15 is 0 Å². The number of oxime groups is 1. The first-order chi connectivity index (χ1) is 15.7. The number of furan rings is 1.